The number of halogens is 1. The van der Waals surface area contributed by atoms with Crippen LogP contribution in [0.5, 0.6) is 6.01 Å². The zero-order valence-corrected chi connectivity index (χ0v) is 18.8. The van der Waals surface area contributed by atoms with Crippen molar-refractivity contribution in [2.45, 2.75) is 25.8 Å². The molecule has 0 spiro atoms. The van der Waals surface area contributed by atoms with Gasteiger partial charge in [-0.15, -0.1) is 0 Å². The number of nitrogens with one attached hydrogen (secondary N) is 4. The van der Waals surface area contributed by atoms with Crippen molar-refractivity contribution in [2.24, 2.45) is 5.92 Å². The molecule has 1 saturated carbocycles. The molecule has 8 nitrogen and oxygen atoms in total. The van der Waals surface area contributed by atoms with Crippen LogP contribution in [0, 0.1) is 5.92 Å². The number of rotatable bonds is 10. The van der Waals surface area contributed by atoms with E-state index in [1.807, 2.05) is 26.1 Å². The fourth-order valence-electron chi connectivity index (χ4n) is 3.67. The van der Waals surface area contributed by atoms with E-state index in [0.717, 1.165) is 24.2 Å². The summed E-state index contributed by atoms with van der Waals surface area (Å²) in [5.74, 6) is 0.945. The number of fused-ring (bicyclic) bond motifs is 1. The van der Waals surface area contributed by atoms with Crippen LogP contribution in [0.2, 0.25) is 0 Å². The molecule has 1 aromatic rings. The topological polar surface area (TPSA) is 103 Å². The molecule has 9 heteroatoms. The second-order valence-electron chi connectivity index (χ2n) is 8.08. The summed E-state index contributed by atoms with van der Waals surface area (Å²) in [6, 6.07) is 1.41. The number of ether oxygens (including phenoxy) is 1. The highest BCUT2D eigenvalue weighted by molar-refractivity contribution is 5.54. The summed E-state index contributed by atoms with van der Waals surface area (Å²) in [5, 5.41) is 21.7. The zero-order valence-electron chi connectivity index (χ0n) is 18.8. The molecule has 4 rings (SSSR count). The van der Waals surface area contributed by atoms with Crippen molar-refractivity contribution in [3.05, 3.63) is 77.3 Å². The molecule has 1 fully saturated rings. The molecule has 0 aromatic carbocycles. The largest absolute Gasteiger partial charge is 0.421 e. The Hall–Kier alpha value is -3.59. The van der Waals surface area contributed by atoms with Crippen molar-refractivity contribution >= 4 is 11.6 Å². The van der Waals surface area contributed by atoms with Gasteiger partial charge in [-0.1, -0.05) is 18.7 Å². The van der Waals surface area contributed by atoms with Crippen molar-refractivity contribution in [2.75, 3.05) is 30.8 Å². The van der Waals surface area contributed by atoms with Gasteiger partial charge in [0.2, 0.25) is 0 Å². The number of aliphatic hydroxyl groups is 1. The lowest BCUT2D eigenvalue weighted by molar-refractivity contribution is 0.310. The fraction of sp³-hybridized carbons (Fsp3) is 0.333. The van der Waals surface area contributed by atoms with Crippen LogP contribution in [0.4, 0.5) is 16.0 Å². The van der Waals surface area contributed by atoms with Gasteiger partial charge in [-0.3, -0.25) is 0 Å². The van der Waals surface area contributed by atoms with Crippen molar-refractivity contribution in [1.29, 1.82) is 0 Å². The fourth-order valence-corrected chi connectivity index (χ4v) is 3.67. The first-order valence-corrected chi connectivity index (χ1v) is 11.0. The summed E-state index contributed by atoms with van der Waals surface area (Å²) < 4.78 is 21.0. The van der Waals surface area contributed by atoms with Gasteiger partial charge in [0.25, 0.3) is 0 Å². The van der Waals surface area contributed by atoms with Crippen molar-refractivity contribution in [3.8, 4) is 6.01 Å². The Morgan fingerprint density at radius 2 is 2.15 bits per heavy atom. The second-order valence-corrected chi connectivity index (χ2v) is 8.08. The Balaban J connectivity index is 1.58. The van der Waals surface area contributed by atoms with Gasteiger partial charge in [-0.2, -0.15) is 9.97 Å². The molecule has 2 aliphatic carbocycles. The summed E-state index contributed by atoms with van der Waals surface area (Å²) in [5.41, 5.74) is 3.14. The Morgan fingerprint density at radius 3 is 2.88 bits per heavy atom. The van der Waals surface area contributed by atoms with E-state index in [1.54, 1.807) is 24.3 Å². The van der Waals surface area contributed by atoms with Gasteiger partial charge in [0.1, 0.15) is 11.6 Å². The molecule has 33 heavy (non-hydrogen) atoms. The molecule has 1 aliphatic heterocycles. The molecule has 0 amide bonds. The molecule has 5 N–H and O–H groups in total. The van der Waals surface area contributed by atoms with Crippen LogP contribution in [0.1, 0.15) is 19.8 Å². The van der Waals surface area contributed by atoms with Crippen molar-refractivity contribution < 1.29 is 14.2 Å². The van der Waals surface area contributed by atoms with E-state index in [0.29, 0.717) is 35.4 Å². The highest BCUT2D eigenvalue weighted by Crippen LogP contribution is 2.35. The van der Waals surface area contributed by atoms with E-state index < -0.39 is 5.83 Å². The predicted octanol–water partition coefficient (Wildman–Crippen LogP) is 3.25. The van der Waals surface area contributed by atoms with Crippen molar-refractivity contribution in [1.82, 2.24) is 20.6 Å². The maximum absolute atomic E-state index is 15.2. The van der Waals surface area contributed by atoms with Gasteiger partial charge in [-0.25, -0.2) is 4.39 Å². The minimum atomic E-state index is -0.475. The lowest BCUT2D eigenvalue weighted by atomic mass is 10.1. The number of aliphatic hydroxyl groups excluding tert-OH is 1. The van der Waals surface area contributed by atoms with E-state index >= 15 is 4.39 Å². The van der Waals surface area contributed by atoms with Crippen LogP contribution in [0.25, 0.3) is 0 Å². The van der Waals surface area contributed by atoms with Gasteiger partial charge in [0, 0.05) is 42.3 Å². The Labute approximate surface area is 192 Å². The third-order valence-corrected chi connectivity index (χ3v) is 5.36. The molecule has 1 aromatic heterocycles. The number of hydrogen-bond donors (Lipinski definition) is 5. The normalized spacial score (nSPS) is 19.8. The first-order chi connectivity index (χ1) is 16.0. The van der Waals surface area contributed by atoms with Crippen molar-refractivity contribution in [3.63, 3.8) is 0 Å². The molecular formula is C24H29FN6O2. The molecule has 0 bridgehead atoms. The average molecular weight is 453 g/mol. The van der Waals surface area contributed by atoms with E-state index in [-0.39, 0.29) is 24.4 Å². The molecule has 1 unspecified atom stereocenters. The first-order valence-electron chi connectivity index (χ1n) is 11.0. The average Bonchev–Trinajstić information content (AvgIpc) is 3.58. The number of allylic oxidation sites excluding steroid dienone is 6. The third-order valence-electron chi connectivity index (χ3n) is 5.36. The smallest absolute Gasteiger partial charge is 0.326 e. The van der Waals surface area contributed by atoms with Crippen LogP contribution in [-0.4, -0.2) is 41.3 Å². The van der Waals surface area contributed by atoms with Crippen LogP contribution in [-0.2, 0) is 0 Å². The van der Waals surface area contributed by atoms with Gasteiger partial charge in [0.15, 0.2) is 11.6 Å². The first kappa shape index (κ1) is 22.6. The molecule has 1 atom stereocenters. The number of hydrogen-bond acceptors (Lipinski definition) is 8. The highest BCUT2D eigenvalue weighted by Gasteiger charge is 2.26. The monoisotopic (exact) mass is 452 g/mol. The minimum absolute atomic E-state index is 0.0201. The molecule has 2 heterocycles. The van der Waals surface area contributed by atoms with E-state index in [9.17, 15) is 0 Å². The van der Waals surface area contributed by atoms with Gasteiger partial charge < -0.3 is 31.1 Å². The summed E-state index contributed by atoms with van der Waals surface area (Å²) in [7, 11) is 1.89. The summed E-state index contributed by atoms with van der Waals surface area (Å²) in [4.78, 5) is 8.71. The second kappa shape index (κ2) is 9.91. The van der Waals surface area contributed by atoms with Crippen LogP contribution in [0.15, 0.2) is 77.3 Å². The Bertz CT molecular complexity index is 1080. The summed E-state index contributed by atoms with van der Waals surface area (Å²) in [6.45, 7) is 6.17. The van der Waals surface area contributed by atoms with Gasteiger partial charge >= 0.3 is 6.01 Å². The number of nitrogens with zero attached hydrogens (tertiary/aromatic N) is 2. The molecule has 174 valence electrons. The maximum Gasteiger partial charge on any atom is 0.326 e. The number of aromatic nitrogens is 2. The molecule has 3 aliphatic rings. The van der Waals surface area contributed by atoms with Crippen LogP contribution in [0.3, 0.4) is 0 Å². The lowest BCUT2D eigenvalue weighted by Crippen LogP contribution is -2.21. The van der Waals surface area contributed by atoms with Crippen LogP contribution < -0.4 is 26.0 Å². The molecular weight excluding hydrogens is 423 g/mol. The maximum atomic E-state index is 15.2. The minimum Gasteiger partial charge on any atom is -0.421 e. The molecule has 0 saturated heterocycles. The number of anilines is 2. The SMILES string of the molecule is C=C(/C=C(\NC)C1CC1)Nc1cc(NCCO)nc(OC2=CC=CC3NC(C)=CC3=C2F)n1. The summed E-state index contributed by atoms with van der Waals surface area (Å²) >= 11 is 0. The summed E-state index contributed by atoms with van der Waals surface area (Å²) in [6.07, 6.45) is 11.2. The predicted molar refractivity (Wildman–Crippen MR) is 127 cm³/mol. The lowest BCUT2D eigenvalue weighted by Gasteiger charge is -2.14. The van der Waals surface area contributed by atoms with Gasteiger partial charge in [-0.05, 0) is 43.9 Å². The van der Waals surface area contributed by atoms with E-state index in [1.165, 1.54) is 0 Å². The highest BCUT2D eigenvalue weighted by atomic mass is 19.1. The third kappa shape index (κ3) is 5.61. The Morgan fingerprint density at radius 1 is 1.36 bits per heavy atom. The zero-order chi connectivity index (χ0) is 23.4. The molecule has 0 radical (unpaired) electrons. The van der Waals surface area contributed by atoms with E-state index in [4.69, 9.17) is 9.84 Å². The standard InChI is InChI=1S/C24H29FN6O2/c1-14-11-17-18(28-14)5-4-6-20(23(17)25)33-24-30-21(27-9-10-32)13-22(31-24)29-15(2)12-19(26-3)16-7-8-16/h4-6,11-13,16,18,26,28,32H,2,7-10H2,1,3H3,(H2,27,29,30,31)/b19-12-. The van der Waals surface area contributed by atoms with Crippen LogP contribution >= 0.6 is 0 Å². The Kier molecular flexibility index (Phi) is 6.79. The van der Waals surface area contributed by atoms with E-state index in [2.05, 4.69) is 37.8 Å². The quantitative estimate of drug-likeness (QED) is 0.345. The van der Waals surface area contributed by atoms with Gasteiger partial charge in [0.05, 0.1) is 12.6 Å².